The van der Waals surface area contributed by atoms with Crippen LogP contribution in [-0.4, -0.2) is 194 Å². The Morgan fingerprint density at radius 3 is 1.21 bits per heavy atom. The van der Waals surface area contributed by atoms with Crippen LogP contribution in [0.3, 0.4) is 0 Å². The molecule has 6 N–H and O–H groups in total. The molecule has 0 saturated carbocycles. The summed E-state index contributed by atoms with van der Waals surface area (Å²) in [5, 5.41) is 14.4. The van der Waals surface area contributed by atoms with Crippen molar-refractivity contribution in [3.05, 3.63) is 0 Å². The van der Waals surface area contributed by atoms with Gasteiger partial charge in [0.2, 0.25) is 35.4 Å². The molecule has 1 unspecified atom stereocenters. The molecule has 0 aliphatic heterocycles. The maximum Gasteiger partial charge on any atom is 0.245 e. The Labute approximate surface area is 331 Å². The minimum absolute atomic E-state index is 0.127. The van der Waals surface area contributed by atoms with Gasteiger partial charge in [0.15, 0.2) is 0 Å². The first-order chi connectivity index (χ1) is 27.4. The van der Waals surface area contributed by atoms with Crippen molar-refractivity contribution in [1.82, 2.24) is 31.9 Å². The van der Waals surface area contributed by atoms with Gasteiger partial charge in [-0.2, -0.15) is 0 Å². The van der Waals surface area contributed by atoms with Gasteiger partial charge in [-0.1, -0.05) is 20.8 Å². The highest BCUT2D eigenvalue weighted by molar-refractivity contribution is 5.92. The van der Waals surface area contributed by atoms with E-state index in [9.17, 15) is 28.8 Å². The van der Waals surface area contributed by atoms with Crippen LogP contribution in [0, 0.1) is 5.41 Å². The fraction of sp³-hybridized carbons (Fsp3) is 0.829. The third-order valence-corrected chi connectivity index (χ3v) is 6.62. The summed E-state index contributed by atoms with van der Waals surface area (Å²) < 4.78 is 54.9. The van der Waals surface area contributed by atoms with E-state index in [4.69, 9.17) is 44.0 Å². The van der Waals surface area contributed by atoms with E-state index in [-0.39, 0.29) is 50.7 Å². The zero-order chi connectivity index (χ0) is 42.4. The van der Waals surface area contributed by atoms with E-state index in [1.807, 2.05) is 20.8 Å². The molecule has 21 nitrogen and oxygen atoms in total. The van der Waals surface area contributed by atoms with Gasteiger partial charge >= 0.3 is 0 Å². The second-order valence-corrected chi connectivity index (χ2v) is 12.9. The number of rotatable bonds is 37. The van der Waals surface area contributed by atoms with E-state index >= 15 is 0 Å². The molecule has 56 heavy (non-hydrogen) atoms. The van der Waals surface area contributed by atoms with Crippen molar-refractivity contribution >= 4 is 35.4 Å². The van der Waals surface area contributed by atoms with Gasteiger partial charge in [-0.15, -0.1) is 0 Å². The smallest absolute Gasteiger partial charge is 0.245 e. The van der Waals surface area contributed by atoms with Crippen LogP contribution in [0.25, 0.3) is 0 Å². The summed E-state index contributed by atoms with van der Waals surface area (Å²) in [6, 6.07) is -1.14. The van der Waals surface area contributed by atoms with Gasteiger partial charge in [-0.05, 0) is 5.41 Å². The van der Waals surface area contributed by atoms with Crippen molar-refractivity contribution in [2.24, 2.45) is 5.41 Å². The van der Waals surface area contributed by atoms with Crippen LogP contribution in [0.5, 0.6) is 0 Å². The summed E-state index contributed by atoms with van der Waals surface area (Å²) in [6.45, 7) is 10.2. The summed E-state index contributed by atoms with van der Waals surface area (Å²) in [6.07, 6.45) is 0.232. The topological polar surface area (TPSA) is 258 Å². The molecule has 0 aromatic rings. The summed E-state index contributed by atoms with van der Waals surface area (Å²) in [4.78, 5) is 72.7. The van der Waals surface area contributed by atoms with Gasteiger partial charge in [0.05, 0.1) is 133 Å². The Balaban J connectivity index is 3.89. The molecule has 0 heterocycles. The summed E-state index contributed by atoms with van der Waals surface area (Å²) in [7, 11) is 1.18. The molecule has 0 radical (unpaired) electrons. The molecule has 0 bridgehead atoms. The largest absolute Gasteiger partial charge is 0.382 e. The monoisotopic (exact) mass is 811 g/mol. The molecular weight excluding hydrogens is 744 g/mol. The average molecular weight is 812 g/mol. The first kappa shape index (κ1) is 50.5. The van der Waals surface area contributed by atoms with Gasteiger partial charge in [0, 0.05) is 27.2 Å². The lowest BCUT2D eigenvalue weighted by atomic mass is 9.92. The van der Waals surface area contributed by atoms with E-state index < -0.39 is 62.3 Å². The normalized spacial score (nSPS) is 12.0. The average Bonchev–Trinajstić information content (AvgIpc) is 3.17. The van der Waals surface area contributed by atoms with E-state index in [0.717, 1.165) is 0 Å². The van der Waals surface area contributed by atoms with Crippen LogP contribution in [0.2, 0.25) is 0 Å². The zero-order valence-electron chi connectivity index (χ0n) is 34.5. The number of ether oxygens (including phenoxy) is 9. The van der Waals surface area contributed by atoms with Gasteiger partial charge in [0.1, 0.15) is 6.04 Å². The lowest BCUT2D eigenvalue weighted by Crippen LogP contribution is -2.52. The fourth-order valence-electron chi connectivity index (χ4n) is 3.93. The predicted octanol–water partition coefficient (Wildman–Crippen LogP) is -3.10. The van der Waals surface area contributed by atoms with Crippen molar-refractivity contribution in [2.45, 2.75) is 33.2 Å². The Kier molecular flexibility index (Phi) is 32.3. The Bertz CT molecular complexity index is 1100. The number of carbonyl (C=O) groups is 6. The molecule has 0 aliphatic carbocycles. The molecule has 0 spiro atoms. The second-order valence-electron chi connectivity index (χ2n) is 12.9. The summed E-state index contributed by atoms with van der Waals surface area (Å²) in [5.41, 5.74) is -0.241. The number of hydrogen-bond acceptors (Lipinski definition) is 15. The SMILES string of the molecule is [2H]COCC(NC(=O)CNC(=O)CNC(=O)CNC(=O)CNC(=O)CC(C)(C)C)C(=O)NCCOCCOCCOCCOCCOCCOCCOCCOC. The summed E-state index contributed by atoms with van der Waals surface area (Å²) in [5.74, 6) is -3.54. The molecule has 0 aliphatic rings. The maximum atomic E-state index is 12.6. The van der Waals surface area contributed by atoms with Crippen molar-refractivity contribution in [1.29, 1.82) is 0 Å². The van der Waals surface area contributed by atoms with Crippen LogP contribution >= 0.6 is 0 Å². The number of carbonyl (C=O) groups excluding carboxylic acids is 6. The highest BCUT2D eigenvalue weighted by Crippen LogP contribution is 2.17. The first-order valence-electron chi connectivity index (χ1n) is 19.1. The minimum Gasteiger partial charge on any atom is -0.382 e. The Hall–Kier alpha value is -3.54. The number of hydrogen-bond donors (Lipinski definition) is 6. The van der Waals surface area contributed by atoms with Gasteiger partial charge in [0.25, 0.3) is 0 Å². The van der Waals surface area contributed by atoms with Crippen LogP contribution in [-0.2, 0) is 71.4 Å². The quantitative estimate of drug-likeness (QED) is 0.0340. The molecule has 21 heteroatoms. The molecule has 0 saturated heterocycles. The minimum atomic E-state index is -1.14. The summed E-state index contributed by atoms with van der Waals surface area (Å²) >= 11 is 0. The Morgan fingerprint density at radius 2 is 0.839 bits per heavy atom. The highest BCUT2D eigenvalue weighted by Gasteiger charge is 2.21. The van der Waals surface area contributed by atoms with Gasteiger partial charge < -0.3 is 74.5 Å². The van der Waals surface area contributed by atoms with Crippen LogP contribution in [0.15, 0.2) is 0 Å². The lowest BCUT2D eigenvalue weighted by Gasteiger charge is -2.18. The molecule has 0 rings (SSSR count). The third-order valence-electron chi connectivity index (χ3n) is 6.62. The van der Waals surface area contributed by atoms with Crippen LogP contribution < -0.4 is 31.9 Å². The zero-order valence-corrected chi connectivity index (χ0v) is 33.5. The maximum absolute atomic E-state index is 12.6. The molecular formula is C35H66N6O15. The second kappa shape index (κ2) is 35.8. The van der Waals surface area contributed by atoms with E-state index in [2.05, 4.69) is 31.9 Å². The molecule has 0 aromatic heterocycles. The molecule has 0 fully saturated rings. The first-order valence-corrected chi connectivity index (χ1v) is 18.4. The molecule has 0 aromatic carbocycles. The van der Waals surface area contributed by atoms with Crippen LogP contribution in [0.1, 0.15) is 28.6 Å². The standard InChI is InChI=1S/C35H66N6O15/c1-35(2,3)22-29(42)37-23-30(43)38-24-31(44)39-25-32(45)40-26-33(46)41-28(27-49-5)34(47)36-6-7-50-10-11-52-14-15-54-18-19-56-21-20-55-17-16-53-13-12-51-9-8-48-4/h28H,6-27H2,1-5H3,(H,36,47)(H,37,42)(H,38,43)(H,39,44)(H,40,45)(H,41,46)/i5D. The molecule has 1 atom stereocenters. The number of nitrogens with one attached hydrogen (secondary N) is 6. The van der Waals surface area contributed by atoms with Gasteiger partial charge in [-0.25, -0.2) is 0 Å². The van der Waals surface area contributed by atoms with Crippen molar-refractivity contribution < 1.29 is 72.8 Å². The van der Waals surface area contributed by atoms with Crippen LogP contribution in [0.4, 0.5) is 0 Å². The van der Waals surface area contributed by atoms with Crippen molar-refractivity contribution in [3.8, 4) is 0 Å². The van der Waals surface area contributed by atoms with Crippen molar-refractivity contribution in [3.63, 3.8) is 0 Å². The predicted molar refractivity (Wildman–Crippen MR) is 201 cm³/mol. The van der Waals surface area contributed by atoms with E-state index in [1.165, 1.54) is 0 Å². The van der Waals surface area contributed by atoms with E-state index in [0.29, 0.717) is 85.9 Å². The highest BCUT2D eigenvalue weighted by atomic mass is 16.6. The Morgan fingerprint density at radius 1 is 0.482 bits per heavy atom. The molecule has 326 valence electrons. The third kappa shape index (κ3) is 36.1. The number of methoxy groups -OCH3 is 2. The fourth-order valence-corrected chi connectivity index (χ4v) is 3.93. The molecule has 6 amide bonds. The van der Waals surface area contributed by atoms with Crippen molar-refractivity contribution in [2.75, 3.05) is 153 Å². The number of amides is 6. The lowest BCUT2D eigenvalue weighted by molar-refractivity contribution is -0.131. The van der Waals surface area contributed by atoms with E-state index in [1.54, 1.807) is 7.11 Å². The van der Waals surface area contributed by atoms with Gasteiger partial charge in [-0.3, -0.25) is 28.8 Å².